The fourth-order valence-corrected chi connectivity index (χ4v) is 2.65. The lowest BCUT2D eigenvalue weighted by molar-refractivity contribution is -0.118. The first-order valence-corrected chi connectivity index (χ1v) is 7.19. The standard InChI is InChI=1S/C12H16N2O3S/c1-12(2)7-8(12)11(15)14-9-5-3-4-6-10(9)18(13,16)17/h3-6,8H,7H2,1-2H3,(H,14,15)(H2,13,16,17). The van der Waals surface area contributed by atoms with Crippen LogP contribution in [0.5, 0.6) is 0 Å². The Hall–Kier alpha value is -1.40. The van der Waals surface area contributed by atoms with Gasteiger partial charge >= 0.3 is 0 Å². The van der Waals surface area contributed by atoms with Crippen LogP contribution in [0.2, 0.25) is 0 Å². The molecule has 1 aromatic carbocycles. The molecule has 1 saturated carbocycles. The van der Waals surface area contributed by atoms with Crippen molar-refractivity contribution < 1.29 is 13.2 Å². The number of primary sulfonamides is 1. The highest BCUT2D eigenvalue weighted by Gasteiger charge is 2.50. The van der Waals surface area contributed by atoms with Crippen molar-refractivity contribution in [2.24, 2.45) is 16.5 Å². The normalized spacial score (nSPS) is 21.4. The molecule has 18 heavy (non-hydrogen) atoms. The van der Waals surface area contributed by atoms with Gasteiger partial charge in [0.05, 0.1) is 5.69 Å². The second-order valence-corrected chi connectivity index (χ2v) is 6.81. The monoisotopic (exact) mass is 268 g/mol. The summed E-state index contributed by atoms with van der Waals surface area (Å²) in [7, 11) is -3.83. The Kier molecular flexibility index (Phi) is 2.95. The van der Waals surface area contributed by atoms with Crippen molar-refractivity contribution in [1.82, 2.24) is 0 Å². The Morgan fingerprint density at radius 1 is 1.39 bits per heavy atom. The third-order valence-corrected chi connectivity index (χ3v) is 4.25. The molecule has 0 spiro atoms. The molecule has 98 valence electrons. The minimum Gasteiger partial charge on any atom is -0.325 e. The number of benzene rings is 1. The number of nitrogens with one attached hydrogen (secondary N) is 1. The Bertz CT molecular complexity index is 593. The fourth-order valence-electron chi connectivity index (χ4n) is 1.95. The lowest BCUT2D eigenvalue weighted by atomic mass is 10.1. The van der Waals surface area contributed by atoms with Crippen molar-refractivity contribution in [3.63, 3.8) is 0 Å². The number of amides is 1. The smallest absolute Gasteiger partial charge is 0.240 e. The van der Waals surface area contributed by atoms with E-state index in [9.17, 15) is 13.2 Å². The fraction of sp³-hybridized carbons (Fsp3) is 0.417. The highest BCUT2D eigenvalue weighted by atomic mass is 32.2. The molecule has 0 aromatic heterocycles. The van der Waals surface area contributed by atoms with Gasteiger partial charge in [-0.3, -0.25) is 4.79 Å². The summed E-state index contributed by atoms with van der Waals surface area (Å²) in [5, 5.41) is 7.74. The Morgan fingerprint density at radius 2 is 1.94 bits per heavy atom. The molecule has 1 aliphatic rings. The van der Waals surface area contributed by atoms with E-state index in [1.54, 1.807) is 12.1 Å². The molecule has 1 atom stereocenters. The van der Waals surface area contributed by atoms with Gasteiger partial charge in [0.25, 0.3) is 0 Å². The van der Waals surface area contributed by atoms with E-state index in [-0.39, 0.29) is 27.8 Å². The number of hydrogen-bond donors (Lipinski definition) is 2. The van der Waals surface area contributed by atoms with Gasteiger partial charge < -0.3 is 5.32 Å². The molecule has 0 radical (unpaired) electrons. The van der Waals surface area contributed by atoms with E-state index in [1.807, 2.05) is 13.8 Å². The van der Waals surface area contributed by atoms with Gasteiger partial charge in [-0.25, -0.2) is 13.6 Å². The first-order chi connectivity index (χ1) is 8.22. The van der Waals surface area contributed by atoms with Crippen LogP contribution in [0.25, 0.3) is 0 Å². The van der Waals surface area contributed by atoms with E-state index in [0.717, 1.165) is 6.42 Å². The number of hydrogen-bond acceptors (Lipinski definition) is 3. The van der Waals surface area contributed by atoms with Crippen LogP contribution in [0.4, 0.5) is 5.69 Å². The predicted octanol–water partition coefficient (Wildman–Crippen LogP) is 1.32. The van der Waals surface area contributed by atoms with Gasteiger partial charge in [0.15, 0.2) is 0 Å². The number of sulfonamides is 1. The van der Waals surface area contributed by atoms with Crippen molar-refractivity contribution in [3.05, 3.63) is 24.3 Å². The molecule has 6 heteroatoms. The maximum Gasteiger partial charge on any atom is 0.240 e. The lowest BCUT2D eigenvalue weighted by Crippen LogP contribution is -2.20. The molecule has 1 aromatic rings. The van der Waals surface area contributed by atoms with Crippen LogP contribution >= 0.6 is 0 Å². The van der Waals surface area contributed by atoms with E-state index in [1.165, 1.54) is 12.1 Å². The molecule has 0 bridgehead atoms. The van der Waals surface area contributed by atoms with Crippen LogP contribution in [0.3, 0.4) is 0 Å². The zero-order valence-corrected chi connectivity index (χ0v) is 11.1. The van der Waals surface area contributed by atoms with Crippen LogP contribution in [-0.2, 0) is 14.8 Å². The zero-order valence-electron chi connectivity index (χ0n) is 10.3. The van der Waals surface area contributed by atoms with Gasteiger partial charge in [0.1, 0.15) is 4.90 Å². The highest BCUT2D eigenvalue weighted by molar-refractivity contribution is 7.89. The molecule has 1 amide bonds. The molecular weight excluding hydrogens is 252 g/mol. The second-order valence-electron chi connectivity index (χ2n) is 5.28. The maximum absolute atomic E-state index is 11.9. The Morgan fingerprint density at radius 3 is 2.44 bits per heavy atom. The van der Waals surface area contributed by atoms with Crippen LogP contribution in [0.15, 0.2) is 29.2 Å². The Balaban J connectivity index is 2.23. The SMILES string of the molecule is CC1(C)CC1C(=O)Nc1ccccc1S(N)(=O)=O. The molecule has 3 N–H and O–H groups in total. The topological polar surface area (TPSA) is 89.3 Å². The zero-order chi connectivity index (χ0) is 13.6. The van der Waals surface area contributed by atoms with E-state index in [0.29, 0.717) is 0 Å². The van der Waals surface area contributed by atoms with Crippen LogP contribution in [-0.4, -0.2) is 14.3 Å². The summed E-state index contributed by atoms with van der Waals surface area (Å²) in [5.41, 5.74) is 0.244. The van der Waals surface area contributed by atoms with Gasteiger partial charge in [0, 0.05) is 5.92 Å². The lowest BCUT2D eigenvalue weighted by Gasteiger charge is -2.10. The van der Waals surface area contributed by atoms with Gasteiger partial charge in [-0.15, -0.1) is 0 Å². The summed E-state index contributed by atoms with van der Waals surface area (Å²) in [6, 6.07) is 6.13. The van der Waals surface area contributed by atoms with E-state index in [4.69, 9.17) is 5.14 Å². The molecule has 0 aliphatic heterocycles. The molecule has 0 saturated heterocycles. The number of anilines is 1. The van der Waals surface area contributed by atoms with E-state index < -0.39 is 10.0 Å². The second kappa shape index (κ2) is 4.07. The molecule has 1 unspecified atom stereocenters. The number of rotatable bonds is 3. The molecule has 1 fully saturated rings. The molecule has 1 aliphatic carbocycles. The largest absolute Gasteiger partial charge is 0.325 e. The molecule has 0 heterocycles. The summed E-state index contributed by atoms with van der Waals surface area (Å²) in [6.07, 6.45) is 0.816. The minimum atomic E-state index is -3.83. The van der Waals surface area contributed by atoms with Crippen molar-refractivity contribution in [1.29, 1.82) is 0 Å². The highest BCUT2D eigenvalue weighted by Crippen LogP contribution is 2.52. The number of carbonyl (C=O) groups excluding carboxylic acids is 1. The van der Waals surface area contributed by atoms with Gasteiger partial charge in [-0.1, -0.05) is 26.0 Å². The third-order valence-electron chi connectivity index (χ3n) is 3.28. The van der Waals surface area contributed by atoms with Gasteiger partial charge in [0.2, 0.25) is 15.9 Å². The average molecular weight is 268 g/mol. The van der Waals surface area contributed by atoms with Crippen molar-refractivity contribution in [2.45, 2.75) is 25.2 Å². The van der Waals surface area contributed by atoms with E-state index >= 15 is 0 Å². The Labute approximate surface area is 106 Å². The first kappa shape index (κ1) is 13.0. The minimum absolute atomic E-state index is 0.000612. The van der Waals surface area contributed by atoms with E-state index in [2.05, 4.69) is 5.32 Å². The third kappa shape index (κ3) is 2.54. The number of nitrogens with two attached hydrogens (primary N) is 1. The van der Waals surface area contributed by atoms with Crippen LogP contribution in [0.1, 0.15) is 20.3 Å². The summed E-state index contributed by atoms with van der Waals surface area (Å²) in [4.78, 5) is 11.9. The van der Waals surface area contributed by atoms with Crippen LogP contribution < -0.4 is 10.5 Å². The first-order valence-electron chi connectivity index (χ1n) is 5.64. The summed E-state index contributed by atoms with van der Waals surface area (Å²) in [6.45, 7) is 4.01. The van der Waals surface area contributed by atoms with Crippen LogP contribution in [0, 0.1) is 11.3 Å². The van der Waals surface area contributed by atoms with Gasteiger partial charge in [-0.05, 0) is 24.0 Å². The molecule has 5 nitrogen and oxygen atoms in total. The van der Waals surface area contributed by atoms with Crippen molar-refractivity contribution in [2.75, 3.05) is 5.32 Å². The average Bonchev–Trinajstić information content (AvgIpc) is 2.87. The molecular formula is C12H16N2O3S. The van der Waals surface area contributed by atoms with Crippen molar-refractivity contribution >= 4 is 21.6 Å². The summed E-state index contributed by atoms with van der Waals surface area (Å²) in [5.74, 6) is -0.220. The molecule has 2 rings (SSSR count). The summed E-state index contributed by atoms with van der Waals surface area (Å²) >= 11 is 0. The van der Waals surface area contributed by atoms with Gasteiger partial charge in [-0.2, -0.15) is 0 Å². The quantitative estimate of drug-likeness (QED) is 0.866. The van der Waals surface area contributed by atoms with Crippen molar-refractivity contribution in [3.8, 4) is 0 Å². The number of carbonyl (C=O) groups is 1. The predicted molar refractivity (Wildman–Crippen MR) is 68.3 cm³/mol. The number of para-hydroxylation sites is 1. The maximum atomic E-state index is 11.9. The summed E-state index contributed by atoms with van der Waals surface area (Å²) < 4.78 is 22.7.